The third-order valence-electron chi connectivity index (χ3n) is 2.36. The lowest BCUT2D eigenvalue weighted by Gasteiger charge is -2.02. The molecule has 0 saturated heterocycles. The minimum Gasteiger partial charge on any atom is -0.624 e. The smallest absolute Gasteiger partial charge is 0.328 e. The first-order valence-electron chi connectivity index (χ1n) is 5.79. The van der Waals surface area contributed by atoms with Gasteiger partial charge in [0.25, 0.3) is 0 Å². The largest absolute Gasteiger partial charge is 0.624 e. The van der Waals surface area contributed by atoms with Crippen molar-refractivity contribution in [2.24, 2.45) is 0 Å². The summed E-state index contributed by atoms with van der Waals surface area (Å²) in [5, 5.41) is 10.9. The second kappa shape index (κ2) is 6.55. The molecule has 0 amide bonds. The molecule has 0 aliphatic rings. The summed E-state index contributed by atoms with van der Waals surface area (Å²) in [5.41, 5.74) is 0. The molecule has 7 heteroatoms. The molecule has 0 bridgehead atoms. The van der Waals surface area contributed by atoms with E-state index in [4.69, 9.17) is 8.97 Å². The molecule has 0 unspecified atom stereocenters. The zero-order chi connectivity index (χ0) is 13.6. The number of hydrogen-bond donors (Lipinski definition) is 1. The molecular weight excluding hydrogens is 258 g/mol. The Morgan fingerprint density at radius 1 is 1.39 bits per heavy atom. The number of nitrogens with zero attached hydrogens (tertiary/aromatic N) is 1. The first-order chi connectivity index (χ1) is 8.43. The number of hydrogen-bond acceptors (Lipinski definition) is 4. The molecular formula is C11H17NO5S. The van der Waals surface area contributed by atoms with Crippen LogP contribution in [0.25, 0.3) is 0 Å². The van der Waals surface area contributed by atoms with Gasteiger partial charge in [-0.05, 0) is 18.6 Å². The molecule has 0 spiro atoms. The highest BCUT2D eigenvalue weighted by molar-refractivity contribution is 7.85. The summed E-state index contributed by atoms with van der Waals surface area (Å²) in [6.45, 7) is 2.42. The van der Waals surface area contributed by atoms with Crippen molar-refractivity contribution in [2.75, 3.05) is 6.54 Å². The van der Waals surface area contributed by atoms with E-state index in [1.165, 1.54) is 12.3 Å². The van der Waals surface area contributed by atoms with Crippen LogP contribution < -0.4 is 0 Å². The Balaban J connectivity index is 2.57. The molecule has 1 aromatic heterocycles. The van der Waals surface area contributed by atoms with Crippen molar-refractivity contribution >= 4 is 16.3 Å². The van der Waals surface area contributed by atoms with E-state index in [0.717, 1.165) is 31.7 Å². The number of hydroxylamine groups is 1. The van der Waals surface area contributed by atoms with Gasteiger partial charge in [0.1, 0.15) is 0 Å². The van der Waals surface area contributed by atoms with Crippen LogP contribution in [0, 0.1) is 5.21 Å². The lowest BCUT2D eigenvalue weighted by Crippen LogP contribution is -2.07. The van der Waals surface area contributed by atoms with Crippen LogP contribution in [-0.2, 0) is 10.1 Å². The molecule has 1 heterocycles. The normalized spacial score (nSPS) is 12.9. The Labute approximate surface area is 106 Å². The predicted molar refractivity (Wildman–Crippen MR) is 66.3 cm³/mol. The Morgan fingerprint density at radius 3 is 2.67 bits per heavy atom. The van der Waals surface area contributed by atoms with E-state index >= 15 is 0 Å². The van der Waals surface area contributed by atoms with Crippen molar-refractivity contribution in [3.8, 4) is 0 Å². The van der Waals surface area contributed by atoms with Crippen molar-refractivity contribution < 1.29 is 22.1 Å². The molecule has 0 atom stereocenters. The zero-order valence-electron chi connectivity index (χ0n) is 10.2. The monoisotopic (exact) mass is 275 g/mol. The van der Waals surface area contributed by atoms with Gasteiger partial charge in [-0.2, -0.15) is 8.42 Å². The molecule has 6 nitrogen and oxygen atoms in total. The average Bonchev–Trinajstić information content (AvgIpc) is 2.72. The fourth-order valence-electron chi connectivity index (χ4n) is 1.44. The minimum absolute atomic E-state index is 0.105. The van der Waals surface area contributed by atoms with Crippen molar-refractivity contribution in [2.45, 2.75) is 37.7 Å². The van der Waals surface area contributed by atoms with Crippen LogP contribution in [-0.4, -0.2) is 30.5 Å². The van der Waals surface area contributed by atoms with Gasteiger partial charge in [-0.3, -0.25) is 4.55 Å². The highest BCUT2D eigenvalue weighted by atomic mass is 32.2. The number of furan rings is 1. The van der Waals surface area contributed by atoms with Crippen molar-refractivity contribution in [1.29, 1.82) is 0 Å². The molecule has 18 heavy (non-hydrogen) atoms. The zero-order valence-corrected chi connectivity index (χ0v) is 11.0. The molecule has 1 rings (SSSR count). The van der Waals surface area contributed by atoms with Gasteiger partial charge in [-0.25, -0.2) is 4.74 Å². The van der Waals surface area contributed by atoms with Gasteiger partial charge in [0.05, 0.1) is 0 Å². The second-order valence-corrected chi connectivity index (χ2v) is 5.31. The van der Waals surface area contributed by atoms with Crippen LogP contribution in [0.15, 0.2) is 21.6 Å². The summed E-state index contributed by atoms with van der Waals surface area (Å²) >= 11 is 0. The van der Waals surface area contributed by atoms with Gasteiger partial charge in [0, 0.05) is 6.42 Å². The van der Waals surface area contributed by atoms with E-state index in [0.29, 0.717) is 11.3 Å². The van der Waals surface area contributed by atoms with Crippen molar-refractivity contribution in [1.82, 2.24) is 0 Å². The van der Waals surface area contributed by atoms with E-state index in [2.05, 4.69) is 6.92 Å². The molecule has 0 fully saturated rings. The summed E-state index contributed by atoms with van der Waals surface area (Å²) in [4.78, 5) is 0. The summed E-state index contributed by atoms with van der Waals surface area (Å²) in [5.74, 6) is 0.105. The quantitative estimate of drug-likeness (QED) is 0.205. The number of rotatable bonds is 7. The number of unbranched alkanes of at least 4 members (excludes halogenated alkanes) is 3. The molecule has 0 aromatic carbocycles. The van der Waals surface area contributed by atoms with Crippen molar-refractivity contribution in [3.05, 3.63) is 23.1 Å². The Bertz CT molecular complexity index is 503. The fourth-order valence-corrected chi connectivity index (χ4v) is 1.88. The summed E-state index contributed by atoms with van der Waals surface area (Å²) in [6.07, 6.45) is 5.11. The van der Waals surface area contributed by atoms with Crippen LogP contribution >= 0.6 is 0 Å². The van der Waals surface area contributed by atoms with E-state index in [1.807, 2.05) is 0 Å². The SMILES string of the molecule is CCCCCC/[N+]([O-])=C/c1ccc(S(=O)(=O)O)o1. The highest BCUT2D eigenvalue weighted by Crippen LogP contribution is 2.11. The molecule has 1 aromatic rings. The Morgan fingerprint density at radius 2 is 2.11 bits per heavy atom. The van der Waals surface area contributed by atoms with Crippen molar-refractivity contribution in [3.63, 3.8) is 0 Å². The van der Waals surface area contributed by atoms with Crippen LogP contribution in [0.5, 0.6) is 0 Å². The summed E-state index contributed by atoms with van der Waals surface area (Å²) < 4.78 is 35.7. The lowest BCUT2D eigenvalue weighted by atomic mass is 10.2. The third-order valence-corrected chi connectivity index (χ3v) is 3.09. The minimum atomic E-state index is -4.35. The Kier molecular flexibility index (Phi) is 5.36. The fraction of sp³-hybridized carbons (Fsp3) is 0.545. The molecule has 0 saturated carbocycles. The van der Waals surface area contributed by atoms with Gasteiger partial charge in [0.15, 0.2) is 12.3 Å². The lowest BCUT2D eigenvalue weighted by molar-refractivity contribution is -0.453. The van der Waals surface area contributed by atoms with E-state index in [1.54, 1.807) is 0 Å². The van der Waals surface area contributed by atoms with E-state index in [-0.39, 0.29) is 5.76 Å². The first-order valence-corrected chi connectivity index (χ1v) is 7.23. The second-order valence-electron chi connectivity index (χ2n) is 3.96. The molecule has 102 valence electrons. The van der Waals surface area contributed by atoms with E-state index < -0.39 is 15.2 Å². The molecule has 0 radical (unpaired) electrons. The molecule has 1 N–H and O–H groups in total. The summed E-state index contributed by atoms with van der Waals surface area (Å²) in [6, 6.07) is 2.42. The van der Waals surface area contributed by atoms with E-state index in [9.17, 15) is 13.6 Å². The Hall–Kier alpha value is -1.34. The van der Waals surface area contributed by atoms with Gasteiger partial charge in [-0.1, -0.05) is 19.8 Å². The van der Waals surface area contributed by atoms with Crippen LogP contribution in [0.2, 0.25) is 0 Å². The van der Waals surface area contributed by atoms with Crippen LogP contribution in [0.1, 0.15) is 38.4 Å². The maximum Gasteiger partial charge on any atom is 0.328 e. The highest BCUT2D eigenvalue weighted by Gasteiger charge is 2.15. The predicted octanol–water partition coefficient (Wildman–Crippen LogP) is 2.04. The summed E-state index contributed by atoms with van der Waals surface area (Å²) in [7, 11) is -4.35. The first kappa shape index (κ1) is 14.7. The molecule has 0 aliphatic carbocycles. The van der Waals surface area contributed by atoms with Gasteiger partial charge < -0.3 is 9.62 Å². The van der Waals surface area contributed by atoms with Gasteiger partial charge in [0.2, 0.25) is 11.3 Å². The van der Waals surface area contributed by atoms with Gasteiger partial charge >= 0.3 is 10.1 Å². The van der Waals surface area contributed by atoms with Crippen LogP contribution in [0.4, 0.5) is 0 Å². The average molecular weight is 275 g/mol. The third kappa shape index (κ3) is 4.89. The van der Waals surface area contributed by atoms with Crippen LogP contribution in [0.3, 0.4) is 0 Å². The molecule has 0 aliphatic heterocycles. The topological polar surface area (TPSA) is 93.6 Å². The maximum absolute atomic E-state index is 11.4. The maximum atomic E-state index is 11.4. The van der Waals surface area contributed by atoms with Gasteiger partial charge in [-0.15, -0.1) is 0 Å². The standard InChI is InChI=1S/C11H17NO5S/c1-2-3-4-5-8-12(13)9-10-6-7-11(17-10)18(14,15)16/h6-7,9H,2-5,8H2,1H3,(H,14,15,16)/b12-9-.